The van der Waals surface area contributed by atoms with Crippen molar-refractivity contribution in [2.45, 2.75) is 44.6 Å². The van der Waals surface area contributed by atoms with Crippen LogP contribution in [-0.4, -0.2) is 41.5 Å². The van der Waals surface area contributed by atoms with Crippen molar-refractivity contribution < 1.29 is 27.9 Å². The molecule has 0 spiro atoms. The summed E-state index contributed by atoms with van der Waals surface area (Å²) >= 11 is 7.80. The Hall–Kier alpha value is -3.57. The fourth-order valence-electron chi connectivity index (χ4n) is 5.03. The maximum absolute atomic E-state index is 14.5. The van der Waals surface area contributed by atoms with Crippen molar-refractivity contribution in [3.63, 3.8) is 0 Å². The SMILES string of the molecule is CCOC(=O)C1=C([C@H]2CC[C@H](c3nc(C(=O)OC)co3)CC2)NC(c2nccs2)=NC1c1cccc(F)c1Cl. The van der Waals surface area contributed by atoms with Crippen LogP contribution in [0, 0.1) is 11.7 Å². The van der Waals surface area contributed by atoms with Crippen LogP contribution < -0.4 is 5.32 Å². The Labute approximate surface area is 233 Å². The number of carbonyl (C=O) groups excluding carboxylic acids is 2. The minimum absolute atomic E-state index is 0.00968. The monoisotopic (exact) mass is 572 g/mol. The van der Waals surface area contributed by atoms with E-state index in [1.165, 1.54) is 30.8 Å². The van der Waals surface area contributed by atoms with Crippen LogP contribution in [0.2, 0.25) is 5.02 Å². The lowest BCUT2D eigenvalue weighted by Gasteiger charge is -2.34. The van der Waals surface area contributed by atoms with Crippen molar-refractivity contribution in [2.75, 3.05) is 13.7 Å². The van der Waals surface area contributed by atoms with Gasteiger partial charge in [0.05, 0.1) is 24.3 Å². The first kappa shape index (κ1) is 27.0. The molecule has 0 amide bonds. The average Bonchev–Trinajstić information content (AvgIpc) is 3.67. The molecule has 1 atom stereocenters. The fourth-order valence-corrected chi connectivity index (χ4v) is 5.85. The number of allylic oxidation sites excluding steroid dienone is 1. The van der Waals surface area contributed by atoms with Gasteiger partial charge in [0, 0.05) is 28.8 Å². The predicted molar refractivity (Wildman–Crippen MR) is 142 cm³/mol. The van der Waals surface area contributed by atoms with Crippen LogP contribution in [0.5, 0.6) is 0 Å². The van der Waals surface area contributed by atoms with E-state index in [1.54, 1.807) is 25.3 Å². The van der Waals surface area contributed by atoms with Gasteiger partial charge in [0.25, 0.3) is 0 Å². The highest BCUT2D eigenvalue weighted by Gasteiger charge is 2.38. The zero-order valence-electron chi connectivity index (χ0n) is 21.3. The van der Waals surface area contributed by atoms with Crippen molar-refractivity contribution in [2.24, 2.45) is 10.9 Å². The zero-order valence-corrected chi connectivity index (χ0v) is 22.9. The molecule has 1 unspecified atom stereocenters. The lowest BCUT2D eigenvalue weighted by molar-refractivity contribution is -0.139. The first-order chi connectivity index (χ1) is 18.9. The summed E-state index contributed by atoms with van der Waals surface area (Å²) in [6, 6.07) is 3.60. The molecule has 1 fully saturated rings. The van der Waals surface area contributed by atoms with Gasteiger partial charge in [-0.1, -0.05) is 23.7 Å². The number of rotatable bonds is 7. The molecule has 0 saturated heterocycles. The van der Waals surface area contributed by atoms with Gasteiger partial charge in [-0.2, -0.15) is 0 Å². The Balaban J connectivity index is 1.51. The molecule has 0 radical (unpaired) electrons. The number of thiazole rings is 1. The number of hydrogen-bond donors (Lipinski definition) is 1. The number of esters is 2. The van der Waals surface area contributed by atoms with Gasteiger partial charge in [0.2, 0.25) is 0 Å². The highest BCUT2D eigenvalue weighted by atomic mass is 35.5. The molecule has 1 saturated carbocycles. The van der Waals surface area contributed by atoms with Crippen molar-refractivity contribution in [3.8, 4) is 0 Å². The maximum atomic E-state index is 14.5. The highest BCUT2D eigenvalue weighted by Crippen LogP contribution is 2.44. The number of amidine groups is 1. The highest BCUT2D eigenvalue weighted by molar-refractivity contribution is 7.11. The van der Waals surface area contributed by atoms with Gasteiger partial charge in [-0.3, -0.25) is 4.99 Å². The summed E-state index contributed by atoms with van der Waals surface area (Å²) in [6.07, 6.45) is 5.79. The van der Waals surface area contributed by atoms with Gasteiger partial charge in [0.1, 0.15) is 18.1 Å². The van der Waals surface area contributed by atoms with Gasteiger partial charge in [0.15, 0.2) is 22.4 Å². The molecule has 39 heavy (non-hydrogen) atoms. The minimum atomic E-state index is -0.880. The van der Waals surface area contributed by atoms with E-state index in [9.17, 15) is 14.0 Å². The molecule has 0 bridgehead atoms. The molecular formula is C27H26ClFN4O5S. The number of methoxy groups -OCH3 is 1. The molecule has 1 aliphatic carbocycles. The number of benzene rings is 1. The summed E-state index contributed by atoms with van der Waals surface area (Å²) in [6.45, 7) is 1.90. The van der Waals surface area contributed by atoms with E-state index in [-0.39, 0.29) is 29.2 Å². The molecule has 1 N–H and O–H groups in total. The summed E-state index contributed by atoms with van der Waals surface area (Å²) in [5.74, 6) is -0.765. The third kappa shape index (κ3) is 5.46. The van der Waals surface area contributed by atoms with Crippen LogP contribution in [0.25, 0.3) is 0 Å². The number of oxazole rings is 1. The molecule has 204 valence electrons. The van der Waals surface area contributed by atoms with Crippen molar-refractivity contribution in [1.29, 1.82) is 0 Å². The van der Waals surface area contributed by atoms with Crippen LogP contribution >= 0.6 is 22.9 Å². The molecule has 5 rings (SSSR count). The molecular weight excluding hydrogens is 547 g/mol. The molecule has 1 aliphatic heterocycles. The average molecular weight is 573 g/mol. The van der Waals surface area contributed by atoms with Crippen LogP contribution in [0.3, 0.4) is 0 Å². The minimum Gasteiger partial charge on any atom is -0.464 e. The molecule has 12 heteroatoms. The van der Waals surface area contributed by atoms with Gasteiger partial charge in [-0.05, 0) is 44.6 Å². The van der Waals surface area contributed by atoms with Crippen molar-refractivity contribution in [3.05, 3.63) is 80.3 Å². The van der Waals surface area contributed by atoms with Gasteiger partial charge >= 0.3 is 11.9 Å². The van der Waals surface area contributed by atoms with E-state index in [0.29, 0.717) is 59.3 Å². The number of carbonyl (C=O) groups is 2. The van der Waals surface area contributed by atoms with Crippen molar-refractivity contribution >= 4 is 40.7 Å². The number of hydrogen-bond acceptors (Lipinski definition) is 10. The fraction of sp³-hybridized carbons (Fsp3) is 0.370. The Morgan fingerprint density at radius 3 is 2.67 bits per heavy atom. The molecule has 2 aromatic heterocycles. The maximum Gasteiger partial charge on any atom is 0.360 e. The Morgan fingerprint density at radius 1 is 1.21 bits per heavy atom. The smallest absolute Gasteiger partial charge is 0.360 e. The van der Waals surface area contributed by atoms with Gasteiger partial charge < -0.3 is 19.2 Å². The largest absolute Gasteiger partial charge is 0.464 e. The van der Waals surface area contributed by atoms with Crippen molar-refractivity contribution in [1.82, 2.24) is 15.3 Å². The first-order valence-electron chi connectivity index (χ1n) is 12.5. The summed E-state index contributed by atoms with van der Waals surface area (Å²) < 4.78 is 30.3. The second kappa shape index (κ2) is 11.7. The van der Waals surface area contributed by atoms with E-state index < -0.39 is 23.8 Å². The Kier molecular flexibility index (Phi) is 8.08. The molecule has 9 nitrogen and oxygen atoms in total. The quantitative estimate of drug-likeness (QED) is 0.364. The first-order valence-corrected chi connectivity index (χ1v) is 13.8. The second-order valence-electron chi connectivity index (χ2n) is 9.14. The van der Waals surface area contributed by atoms with Crippen LogP contribution in [-0.2, 0) is 14.3 Å². The number of aliphatic imine (C=N–C) groups is 1. The summed E-state index contributed by atoms with van der Waals surface area (Å²) in [7, 11) is 1.29. The van der Waals surface area contributed by atoms with Gasteiger partial charge in [-0.25, -0.2) is 23.9 Å². The third-order valence-corrected chi connectivity index (χ3v) is 8.06. The van der Waals surface area contributed by atoms with E-state index in [2.05, 4.69) is 15.3 Å². The standard InChI is InChI=1S/C27H26ClFN4O5S/c1-3-37-27(35)19-21(14-7-9-15(10-8-14)24-31-18(13-38-24)26(34)36-2)32-23(25-30-11-12-39-25)33-22(19)16-5-4-6-17(29)20(16)28/h4-6,11-15,22H,3,7-10H2,1-2H3,(H,32,33)/t14-,15-,22?. The Bertz CT molecular complexity index is 1430. The zero-order chi connectivity index (χ0) is 27.5. The second-order valence-corrected chi connectivity index (χ2v) is 10.4. The number of nitrogens with zero attached hydrogens (tertiary/aromatic N) is 3. The number of aromatic nitrogens is 2. The predicted octanol–water partition coefficient (Wildman–Crippen LogP) is 5.59. The van der Waals surface area contributed by atoms with Crippen LogP contribution in [0.1, 0.15) is 71.5 Å². The molecule has 3 heterocycles. The van der Waals surface area contributed by atoms with E-state index in [1.807, 2.05) is 5.38 Å². The normalized spacial score (nSPS) is 21.2. The van der Waals surface area contributed by atoms with Crippen LogP contribution in [0.4, 0.5) is 4.39 Å². The van der Waals surface area contributed by atoms with E-state index >= 15 is 0 Å². The van der Waals surface area contributed by atoms with Crippen LogP contribution in [0.15, 0.2) is 56.7 Å². The number of halogens is 2. The lowest BCUT2D eigenvalue weighted by atomic mass is 9.78. The molecule has 2 aliphatic rings. The summed E-state index contributed by atoms with van der Waals surface area (Å²) in [4.78, 5) is 38.7. The number of nitrogens with one attached hydrogen (secondary N) is 1. The summed E-state index contributed by atoms with van der Waals surface area (Å²) in [5.41, 5.74) is 1.48. The third-order valence-electron chi connectivity index (χ3n) is 6.88. The molecule has 3 aromatic rings. The summed E-state index contributed by atoms with van der Waals surface area (Å²) in [5, 5.41) is 5.74. The van der Waals surface area contributed by atoms with Gasteiger partial charge in [-0.15, -0.1) is 11.3 Å². The topological polar surface area (TPSA) is 116 Å². The lowest BCUT2D eigenvalue weighted by Crippen LogP contribution is -2.38. The van der Waals surface area contributed by atoms with E-state index in [0.717, 1.165) is 0 Å². The van der Waals surface area contributed by atoms with E-state index in [4.69, 9.17) is 30.5 Å². The Morgan fingerprint density at radius 2 is 1.97 bits per heavy atom. The number of ether oxygens (including phenoxy) is 2. The molecule has 1 aromatic carbocycles.